The predicted octanol–water partition coefficient (Wildman–Crippen LogP) is 3.10. The predicted molar refractivity (Wildman–Crippen MR) is 60.8 cm³/mol. The molecule has 0 radical (unpaired) electrons. The lowest BCUT2D eigenvalue weighted by Gasteiger charge is -1.95. The summed E-state index contributed by atoms with van der Waals surface area (Å²) >= 11 is 0. The van der Waals surface area contributed by atoms with Crippen LogP contribution in [0.1, 0.15) is 10.4 Å². The first-order valence-corrected chi connectivity index (χ1v) is 4.89. The van der Waals surface area contributed by atoms with E-state index in [2.05, 4.69) is 0 Å². The zero-order valence-corrected chi connectivity index (χ0v) is 8.31. The highest BCUT2D eigenvalue weighted by Crippen LogP contribution is 2.32. The minimum atomic E-state index is -0.0194. The number of hydrogen-bond acceptors (Lipinski definition) is 3. The summed E-state index contributed by atoms with van der Waals surface area (Å²) in [7, 11) is 0. The quantitative estimate of drug-likeness (QED) is 0.630. The third-order valence-corrected chi connectivity index (χ3v) is 2.65. The summed E-state index contributed by atoms with van der Waals surface area (Å²) in [5, 5.41) is 11.4. The highest BCUT2D eigenvalue weighted by molar-refractivity contribution is 6.06. The van der Waals surface area contributed by atoms with E-state index in [9.17, 15) is 9.90 Å². The van der Waals surface area contributed by atoms with E-state index in [4.69, 9.17) is 4.42 Å². The van der Waals surface area contributed by atoms with Crippen LogP contribution in [0.2, 0.25) is 0 Å². The van der Waals surface area contributed by atoms with Crippen molar-refractivity contribution in [3.63, 3.8) is 0 Å². The van der Waals surface area contributed by atoms with E-state index in [0.717, 1.165) is 16.4 Å². The second-order valence-corrected chi connectivity index (χ2v) is 3.62. The van der Waals surface area contributed by atoms with E-state index >= 15 is 0 Å². The Bertz CT molecular complexity index is 695. The molecule has 1 N–H and O–H groups in total. The molecule has 78 valence electrons. The van der Waals surface area contributed by atoms with Gasteiger partial charge in [-0.25, -0.2) is 0 Å². The fourth-order valence-corrected chi connectivity index (χ4v) is 1.87. The van der Waals surface area contributed by atoms with Crippen LogP contribution in [0, 0.1) is 0 Å². The molecular formula is C13H8O3. The molecule has 0 aliphatic heterocycles. The van der Waals surface area contributed by atoms with E-state index in [-0.39, 0.29) is 11.3 Å². The molecule has 0 unspecified atom stereocenters. The van der Waals surface area contributed by atoms with Gasteiger partial charge in [-0.2, -0.15) is 0 Å². The molecule has 3 heteroatoms. The van der Waals surface area contributed by atoms with Crippen molar-refractivity contribution in [2.45, 2.75) is 0 Å². The number of carbonyl (C=O) groups is 1. The van der Waals surface area contributed by atoms with E-state index in [1.165, 1.54) is 0 Å². The van der Waals surface area contributed by atoms with E-state index in [1.807, 2.05) is 24.3 Å². The van der Waals surface area contributed by atoms with Gasteiger partial charge in [-0.15, -0.1) is 0 Å². The second-order valence-electron chi connectivity index (χ2n) is 3.62. The third-order valence-electron chi connectivity index (χ3n) is 2.65. The molecule has 0 amide bonds. The van der Waals surface area contributed by atoms with Gasteiger partial charge in [0.2, 0.25) is 0 Å². The molecule has 16 heavy (non-hydrogen) atoms. The zero-order chi connectivity index (χ0) is 11.1. The maximum atomic E-state index is 10.7. The highest BCUT2D eigenvalue weighted by Gasteiger charge is 2.09. The number of carbonyl (C=O) groups excluding carboxylic acids is 1. The van der Waals surface area contributed by atoms with E-state index < -0.39 is 0 Å². The van der Waals surface area contributed by atoms with E-state index in [0.29, 0.717) is 11.9 Å². The van der Waals surface area contributed by atoms with Gasteiger partial charge < -0.3 is 9.52 Å². The Morgan fingerprint density at radius 1 is 1.06 bits per heavy atom. The lowest BCUT2D eigenvalue weighted by Crippen LogP contribution is -1.79. The first-order valence-electron chi connectivity index (χ1n) is 4.89. The first kappa shape index (κ1) is 8.97. The smallest absolute Gasteiger partial charge is 0.153 e. The van der Waals surface area contributed by atoms with Crippen molar-refractivity contribution < 1.29 is 14.3 Å². The molecule has 3 rings (SSSR count). The molecule has 1 aromatic heterocycles. The Morgan fingerprint density at radius 2 is 1.88 bits per heavy atom. The van der Waals surface area contributed by atoms with Crippen molar-refractivity contribution in [3.05, 3.63) is 42.0 Å². The Kier molecular flexibility index (Phi) is 1.74. The molecule has 2 aromatic carbocycles. The number of hydrogen-bond donors (Lipinski definition) is 1. The molecule has 0 fully saturated rings. The summed E-state index contributed by atoms with van der Waals surface area (Å²) in [6.45, 7) is 0. The van der Waals surface area contributed by atoms with Crippen molar-refractivity contribution >= 4 is 28.2 Å². The molecule has 0 saturated heterocycles. The first-order chi connectivity index (χ1) is 7.79. The van der Waals surface area contributed by atoms with Crippen LogP contribution in [0.5, 0.6) is 5.75 Å². The minimum absolute atomic E-state index is 0.0194. The molecule has 0 bridgehead atoms. The minimum Gasteiger partial charge on any atom is -0.507 e. The molecule has 0 saturated carbocycles. The summed E-state index contributed by atoms with van der Waals surface area (Å²) in [6, 6.07) is 10.7. The number of rotatable bonds is 1. The summed E-state index contributed by atoms with van der Waals surface area (Å²) in [6.07, 6.45) is 0.613. The summed E-state index contributed by atoms with van der Waals surface area (Å²) in [4.78, 5) is 10.7. The van der Waals surface area contributed by atoms with Crippen LogP contribution in [-0.4, -0.2) is 11.4 Å². The van der Waals surface area contributed by atoms with Gasteiger partial charge in [0.15, 0.2) is 6.29 Å². The average molecular weight is 212 g/mol. The number of phenolic OH excluding ortho intramolecular Hbond substituents is 1. The Labute approximate surface area is 90.9 Å². The van der Waals surface area contributed by atoms with Crippen LogP contribution >= 0.6 is 0 Å². The van der Waals surface area contributed by atoms with Crippen LogP contribution in [-0.2, 0) is 0 Å². The average Bonchev–Trinajstić information content (AvgIpc) is 2.66. The monoisotopic (exact) mass is 212 g/mol. The molecule has 3 aromatic rings. The molecular weight excluding hydrogens is 204 g/mol. The largest absolute Gasteiger partial charge is 0.507 e. The normalized spacial score (nSPS) is 11.0. The zero-order valence-electron chi connectivity index (χ0n) is 8.31. The van der Waals surface area contributed by atoms with Crippen LogP contribution in [0.4, 0.5) is 0 Å². The van der Waals surface area contributed by atoms with E-state index in [1.54, 1.807) is 12.1 Å². The fraction of sp³-hybridized carbons (Fsp3) is 0. The fourth-order valence-electron chi connectivity index (χ4n) is 1.87. The van der Waals surface area contributed by atoms with Crippen molar-refractivity contribution in [3.8, 4) is 5.75 Å². The number of aldehydes is 1. The molecule has 0 atom stereocenters. The van der Waals surface area contributed by atoms with Crippen LogP contribution in [0.25, 0.3) is 21.9 Å². The van der Waals surface area contributed by atoms with Crippen LogP contribution in [0.3, 0.4) is 0 Å². The third kappa shape index (κ3) is 1.11. The van der Waals surface area contributed by atoms with Gasteiger partial charge in [0, 0.05) is 10.8 Å². The van der Waals surface area contributed by atoms with Gasteiger partial charge in [0.25, 0.3) is 0 Å². The summed E-state index contributed by atoms with van der Waals surface area (Å²) in [5.74, 6) is -0.0194. The Hall–Kier alpha value is -2.29. The number of aromatic hydroxyl groups is 1. The molecule has 0 spiro atoms. The maximum Gasteiger partial charge on any atom is 0.153 e. The Balaban J connectivity index is 2.51. The number of fused-ring (bicyclic) bond motifs is 3. The molecule has 0 aliphatic rings. The SMILES string of the molecule is O=Cc1cc2oc3ccccc3c2cc1O. The standard InChI is InChI=1S/C13H8O3/c14-7-8-5-13-10(6-11(8)15)9-3-1-2-4-12(9)16-13/h1-7,15H. The number of para-hydroxylation sites is 1. The molecule has 0 aliphatic carbocycles. The second kappa shape index (κ2) is 3.10. The molecule has 3 nitrogen and oxygen atoms in total. The number of benzene rings is 2. The highest BCUT2D eigenvalue weighted by atomic mass is 16.3. The summed E-state index contributed by atoms with van der Waals surface area (Å²) < 4.78 is 5.58. The number of furan rings is 1. The van der Waals surface area contributed by atoms with Gasteiger partial charge in [-0.3, -0.25) is 4.79 Å². The number of phenols is 1. The lowest BCUT2D eigenvalue weighted by atomic mass is 10.1. The van der Waals surface area contributed by atoms with Crippen molar-refractivity contribution in [2.24, 2.45) is 0 Å². The van der Waals surface area contributed by atoms with Gasteiger partial charge in [0.05, 0.1) is 5.56 Å². The van der Waals surface area contributed by atoms with Gasteiger partial charge in [0.1, 0.15) is 16.9 Å². The summed E-state index contributed by atoms with van der Waals surface area (Å²) in [5.41, 5.74) is 1.60. The van der Waals surface area contributed by atoms with Crippen molar-refractivity contribution in [1.82, 2.24) is 0 Å². The maximum absolute atomic E-state index is 10.7. The molecule has 1 heterocycles. The van der Waals surface area contributed by atoms with Crippen LogP contribution < -0.4 is 0 Å². The van der Waals surface area contributed by atoms with Crippen LogP contribution in [0.15, 0.2) is 40.8 Å². The Morgan fingerprint density at radius 3 is 2.69 bits per heavy atom. The van der Waals surface area contributed by atoms with Crippen molar-refractivity contribution in [1.29, 1.82) is 0 Å². The van der Waals surface area contributed by atoms with Gasteiger partial charge >= 0.3 is 0 Å². The van der Waals surface area contributed by atoms with Gasteiger partial charge in [-0.1, -0.05) is 18.2 Å². The van der Waals surface area contributed by atoms with Gasteiger partial charge in [-0.05, 0) is 18.2 Å². The topological polar surface area (TPSA) is 50.4 Å². The lowest BCUT2D eigenvalue weighted by molar-refractivity contribution is 0.112. The van der Waals surface area contributed by atoms with Crippen molar-refractivity contribution in [2.75, 3.05) is 0 Å².